The van der Waals surface area contributed by atoms with E-state index in [-0.39, 0.29) is 0 Å². The molecular weight excluding hydrogens is 184 g/mol. The summed E-state index contributed by atoms with van der Waals surface area (Å²) in [6.07, 6.45) is 3.69. The Hall–Kier alpha value is -1.36. The van der Waals surface area contributed by atoms with Crippen molar-refractivity contribution in [3.63, 3.8) is 0 Å². The maximum atomic E-state index is 4.29. The van der Waals surface area contributed by atoms with Crippen molar-refractivity contribution in [2.75, 3.05) is 5.32 Å². The summed E-state index contributed by atoms with van der Waals surface area (Å²) >= 11 is 1.59. The molecule has 4 nitrogen and oxygen atoms in total. The van der Waals surface area contributed by atoms with E-state index >= 15 is 0 Å². The fraction of sp³-hybridized carbons (Fsp3) is 0.250. The Labute approximate surface area is 80.2 Å². The molecular formula is C8H10N4S. The van der Waals surface area contributed by atoms with Gasteiger partial charge in [0.2, 0.25) is 0 Å². The van der Waals surface area contributed by atoms with Crippen LogP contribution in [0.25, 0.3) is 0 Å². The molecule has 1 N–H and O–H groups in total. The first-order chi connectivity index (χ1) is 6.24. The number of aryl methyl sites for hydroxylation is 2. The highest BCUT2D eigenvalue weighted by atomic mass is 32.1. The quantitative estimate of drug-likeness (QED) is 0.794. The van der Waals surface area contributed by atoms with Crippen LogP contribution < -0.4 is 5.32 Å². The molecule has 0 aliphatic heterocycles. The second-order valence-electron chi connectivity index (χ2n) is 2.82. The predicted molar refractivity (Wildman–Crippen MR) is 53.3 cm³/mol. The molecule has 2 heterocycles. The third-order valence-electron chi connectivity index (χ3n) is 1.58. The number of thiazole rings is 1. The first-order valence-corrected chi connectivity index (χ1v) is 4.80. The van der Waals surface area contributed by atoms with Gasteiger partial charge in [0.15, 0.2) is 5.13 Å². The molecule has 0 aliphatic rings. The van der Waals surface area contributed by atoms with Crippen LogP contribution in [0.3, 0.4) is 0 Å². The zero-order valence-corrected chi connectivity index (χ0v) is 8.30. The number of hydrogen-bond donors (Lipinski definition) is 1. The first-order valence-electron chi connectivity index (χ1n) is 3.92. The summed E-state index contributed by atoms with van der Waals surface area (Å²) < 4.78 is 1.75. The van der Waals surface area contributed by atoms with Gasteiger partial charge >= 0.3 is 0 Å². The van der Waals surface area contributed by atoms with E-state index in [2.05, 4.69) is 15.4 Å². The smallest absolute Gasteiger partial charge is 0.187 e. The Morgan fingerprint density at radius 2 is 2.38 bits per heavy atom. The largest absolute Gasteiger partial charge is 0.329 e. The molecule has 0 aromatic carbocycles. The molecule has 0 spiro atoms. The molecule has 0 bridgehead atoms. The van der Waals surface area contributed by atoms with Crippen LogP contribution >= 0.6 is 11.3 Å². The molecule has 0 amide bonds. The number of aromatic nitrogens is 3. The molecule has 0 unspecified atom stereocenters. The van der Waals surface area contributed by atoms with Crippen molar-refractivity contribution in [2.45, 2.75) is 6.92 Å². The summed E-state index contributed by atoms with van der Waals surface area (Å²) in [4.78, 5) is 4.29. The number of rotatable bonds is 2. The van der Waals surface area contributed by atoms with Gasteiger partial charge < -0.3 is 5.32 Å². The lowest BCUT2D eigenvalue weighted by Gasteiger charge is -1.95. The van der Waals surface area contributed by atoms with E-state index in [1.165, 1.54) is 0 Å². The summed E-state index contributed by atoms with van der Waals surface area (Å²) in [5.74, 6) is 0. The van der Waals surface area contributed by atoms with E-state index in [1.807, 2.05) is 25.5 Å². The fourth-order valence-electron chi connectivity index (χ4n) is 1.02. The molecule has 0 atom stereocenters. The third kappa shape index (κ3) is 1.86. The molecule has 0 fully saturated rings. The highest BCUT2D eigenvalue weighted by molar-refractivity contribution is 7.13. The van der Waals surface area contributed by atoms with Crippen molar-refractivity contribution < 1.29 is 0 Å². The van der Waals surface area contributed by atoms with Gasteiger partial charge in [0.1, 0.15) is 0 Å². The standard InChI is InChI=1S/C8H10N4S/c1-6-5-13-8(10-6)11-7-3-9-12(2)4-7/h3-5H,1-2H3,(H,10,11). The van der Waals surface area contributed by atoms with Crippen LogP contribution in [-0.4, -0.2) is 14.8 Å². The number of anilines is 2. The van der Waals surface area contributed by atoms with E-state index in [9.17, 15) is 0 Å². The third-order valence-corrected chi connectivity index (χ3v) is 2.45. The summed E-state index contributed by atoms with van der Waals surface area (Å²) in [7, 11) is 1.89. The van der Waals surface area contributed by atoms with Crippen LogP contribution in [-0.2, 0) is 7.05 Å². The van der Waals surface area contributed by atoms with Gasteiger partial charge in [-0.25, -0.2) is 4.98 Å². The van der Waals surface area contributed by atoms with Gasteiger partial charge in [-0.1, -0.05) is 0 Å². The summed E-state index contributed by atoms with van der Waals surface area (Å²) in [6.45, 7) is 1.98. The van der Waals surface area contributed by atoms with Crippen LogP contribution in [0.1, 0.15) is 5.69 Å². The molecule has 68 valence electrons. The van der Waals surface area contributed by atoms with Crippen molar-refractivity contribution in [2.24, 2.45) is 7.05 Å². The average molecular weight is 194 g/mol. The van der Waals surface area contributed by atoms with Crippen molar-refractivity contribution in [3.05, 3.63) is 23.5 Å². The van der Waals surface area contributed by atoms with Gasteiger partial charge in [0, 0.05) is 18.6 Å². The Bertz CT molecular complexity index is 365. The summed E-state index contributed by atoms with van der Waals surface area (Å²) in [5, 5.41) is 10.1. The van der Waals surface area contributed by atoms with Gasteiger partial charge in [-0.05, 0) is 6.92 Å². The SMILES string of the molecule is Cc1csc(Nc2cnn(C)c2)n1. The lowest BCUT2D eigenvalue weighted by Crippen LogP contribution is -1.88. The van der Waals surface area contributed by atoms with Crippen LogP contribution in [0.5, 0.6) is 0 Å². The second kappa shape index (κ2) is 3.18. The molecule has 0 aliphatic carbocycles. The minimum Gasteiger partial charge on any atom is -0.329 e. The van der Waals surface area contributed by atoms with Crippen LogP contribution in [0.15, 0.2) is 17.8 Å². The van der Waals surface area contributed by atoms with E-state index in [0.717, 1.165) is 16.5 Å². The van der Waals surface area contributed by atoms with Crippen LogP contribution in [0.4, 0.5) is 10.8 Å². The molecule has 2 rings (SSSR count). The van der Waals surface area contributed by atoms with E-state index in [0.29, 0.717) is 0 Å². The highest BCUT2D eigenvalue weighted by Crippen LogP contribution is 2.19. The maximum absolute atomic E-state index is 4.29. The minimum absolute atomic E-state index is 0.908. The zero-order valence-electron chi connectivity index (χ0n) is 7.48. The Kier molecular flexibility index (Phi) is 2.02. The molecule has 2 aromatic heterocycles. The maximum Gasteiger partial charge on any atom is 0.187 e. The topological polar surface area (TPSA) is 42.7 Å². The Morgan fingerprint density at radius 1 is 1.54 bits per heavy atom. The van der Waals surface area contributed by atoms with Crippen LogP contribution in [0.2, 0.25) is 0 Å². The lowest BCUT2D eigenvalue weighted by molar-refractivity contribution is 0.768. The Morgan fingerprint density at radius 3 is 2.92 bits per heavy atom. The van der Waals surface area contributed by atoms with Crippen molar-refractivity contribution in [1.82, 2.24) is 14.8 Å². The molecule has 13 heavy (non-hydrogen) atoms. The average Bonchev–Trinajstić information content (AvgIpc) is 2.62. The van der Waals surface area contributed by atoms with Gasteiger partial charge in [-0.2, -0.15) is 5.10 Å². The van der Waals surface area contributed by atoms with Crippen molar-refractivity contribution >= 4 is 22.2 Å². The van der Waals surface area contributed by atoms with E-state index < -0.39 is 0 Å². The molecule has 0 saturated heterocycles. The van der Waals surface area contributed by atoms with Gasteiger partial charge in [-0.3, -0.25) is 4.68 Å². The van der Waals surface area contributed by atoms with E-state index in [1.54, 1.807) is 22.2 Å². The van der Waals surface area contributed by atoms with Gasteiger partial charge in [0.25, 0.3) is 0 Å². The first kappa shape index (κ1) is 8.25. The monoisotopic (exact) mass is 194 g/mol. The number of nitrogens with one attached hydrogen (secondary N) is 1. The van der Waals surface area contributed by atoms with Crippen molar-refractivity contribution in [1.29, 1.82) is 0 Å². The number of nitrogens with zero attached hydrogens (tertiary/aromatic N) is 3. The van der Waals surface area contributed by atoms with Gasteiger partial charge in [0.05, 0.1) is 17.6 Å². The van der Waals surface area contributed by atoms with Crippen molar-refractivity contribution in [3.8, 4) is 0 Å². The molecule has 2 aromatic rings. The zero-order chi connectivity index (χ0) is 9.26. The fourth-order valence-corrected chi connectivity index (χ4v) is 1.73. The number of hydrogen-bond acceptors (Lipinski definition) is 4. The summed E-state index contributed by atoms with van der Waals surface area (Å²) in [6, 6.07) is 0. The lowest BCUT2D eigenvalue weighted by atomic mass is 10.6. The summed E-state index contributed by atoms with van der Waals surface area (Å²) in [5.41, 5.74) is 2.01. The van der Waals surface area contributed by atoms with Gasteiger partial charge in [-0.15, -0.1) is 11.3 Å². The molecule has 0 saturated carbocycles. The normalized spacial score (nSPS) is 10.3. The highest BCUT2D eigenvalue weighted by Gasteiger charge is 1.99. The second-order valence-corrected chi connectivity index (χ2v) is 3.68. The molecule has 5 heteroatoms. The van der Waals surface area contributed by atoms with E-state index in [4.69, 9.17) is 0 Å². The van der Waals surface area contributed by atoms with Crippen LogP contribution in [0, 0.1) is 6.92 Å². The minimum atomic E-state index is 0.908. The predicted octanol–water partition coefficient (Wildman–Crippen LogP) is 1.93. The Balaban J connectivity index is 2.14. The molecule has 0 radical (unpaired) electrons.